The molecular formula is C7H11ClO3. The van der Waals surface area contributed by atoms with Crippen LogP contribution in [0.4, 0.5) is 0 Å². The summed E-state index contributed by atoms with van der Waals surface area (Å²) >= 11 is 5.82. The first-order chi connectivity index (χ1) is 5.20. The number of alkyl halides is 1. The van der Waals surface area contributed by atoms with E-state index in [0.717, 1.165) is 12.8 Å². The smallest absolute Gasteiger partial charge is 0.304 e. The molecule has 4 heteroatoms. The van der Waals surface area contributed by atoms with Crippen LogP contribution in [0.5, 0.6) is 0 Å². The topological polar surface area (TPSA) is 35.5 Å². The van der Waals surface area contributed by atoms with Crippen LogP contribution in [0.1, 0.15) is 19.8 Å². The molecule has 0 N–H and O–H groups in total. The predicted octanol–water partition coefficient (Wildman–Crippen LogP) is 1.29. The van der Waals surface area contributed by atoms with Gasteiger partial charge in [0.05, 0.1) is 12.0 Å². The van der Waals surface area contributed by atoms with E-state index in [2.05, 4.69) is 0 Å². The number of carbonyl (C=O) groups excluding carboxylic acids is 1. The molecule has 64 valence electrons. The lowest BCUT2D eigenvalue weighted by Gasteiger charge is -2.26. The predicted molar refractivity (Wildman–Crippen MR) is 40.4 cm³/mol. The third-order valence-corrected chi connectivity index (χ3v) is 1.91. The zero-order valence-corrected chi connectivity index (χ0v) is 7.13. The van der Waals surface area contributed by atoms with Crippen LogP contribution in [-0.2, 0) is 14.3 Å². The molecule has 0 saturated carbocycles. The van der Waals surface area contributed by atoms with E-state index in [1.165, 1.54) is 6.92 Å². The molecule has 1 aliphatic rings. The molecule has 2 atom stereocenters. The Labute approximate surface area is 70.6 Å². The highest BCUT2D eigenvalue weighted by atomic mass is 35.5. The number of hydrogen-bond donors (Lipinski definition) is 0. The second-order valence-corrected chi connectivity index (χ2v) is 3.07. The molecule has 0 aromatic heterocycles. The Kier molecular flexibility index (Phi) is 3.15. The summed E-state index contributed by atoms with van der Waals surface area (Å²) in [5, 5.41) is -0.187. The zero-order chi connectivity index (χ0) is 8.27. The number of hydrogen-bond acceptors (Lipinski definition) is 3. The SMILES string of the molecule is CC(=O)O[C@@H]1OCCC[C@H]1Cl. The van der Waals surface area contributed by atoms with Crippen LogP contribution in [0.3, 0.4) is 0 Å². The van der Waals surface area contributed by atoms with E-state index in [1.54, 1.807) is 0 Å². The maximum absolute atomic E-state index is 10.5. The lowest BCUT2D eigenvalue weighted by Crippen LogP contribution is -2.33. The van der Waals surface area contributed by atoms with Gasteiger partial charge < -0.3 is 9.47 Å². The van der Waals surface area contributed by atoms with Crippen molar-refractivity contribution in [1.29, 1.82) is 0 Å². The molecule has 0 unspecified atom stereocenters. The van der Waals surface area contributed by atoms with Gasteiger partial charge in [0.15, 0.2) is 0 Å². The first kappa shape index (κ1) is 8.81. The number of ether oxygens (including phenoxy) is 2. The molecule has 1 fully saturated rings. The average molecular weight is 179 g/mol. The molecule has 1 rings (SSSR count). The highest BCUT2D eigenvalue weighted by Crippen LogP contribution is 2.20. The molecular weight excluding hydrogens is 168 g/mol. The van der Waals surface area contributed by atoms with E-state index < -0.39 is 6.29 Å². The van der Waals surface area contributed by atoms with Crippen molar-refractivity contribution in [2.75, 3.05) is 6.61 Å². The van der Waals surface area contributed by atoms with Gasteiger partial charge in [0, 0.05) is 6.92 Å². The van der Waals surface area contributed by atoms with Crippen LogP contribution < -0.4 is 0 Å². The summed E-state index contributed by atoms with van der Waals surface area (Å²) < 4.78 is 9.94. The molecule has 0 radical (unpaired) electrons. The first-order valence-corrected chi connectivity index (χ1v) is 4.06. The zero-order valence-electron chi connectivity index (χ0n) is 6.38. The molecule has 0 amide bonds. The fraction of sp³-hybridized carbons (Fsp3) is 0.857. The van der Waals surface area contributed by atoms with Gasteiger partial charge in [-0.3, -0.25) is 4.79 Å². The Hall–Kier alpha value is -0.280. The molecule has 0 aliphatic carbocycles. The Morgan fingerprint density at radius 2 is 2.45 bits per heavy atom. The van der Waals surface area contributed by atoms with Crippen LogP contribution in [0.2, 0.25) is 0 Å². The lowest BCUT2D eigenvalue weighted by molar-refractivity contribution is -0.182. The van der Waals surface area contributed by atoms with E-state index in [9.17, 15) is 4.79 Å². The average Bonchev–Trinajstić information content (AvgIpc) is 1.93. The minimum absolute atomic E-state index is 0.187. The second-order valence-electron chi connectivity index (χ2n) is 2.51. The third-order valence-electron chi connectivity index (χ3n) is 1.48. The van der Waals surface area contributed by atoms with Crippen molar-refractivity contribution in [3.8, 4) is 0 Å². The van der Waals surface area contributed by atoms with E-state index in [4.69, 9.17) is 21.1 Å². The molecule has 1 aliphatic heterocycles. The van der Waals surface area contributed by atoms with Crippen LogP contribution >= 0.6 is 11.6 Å². The largest absolute Gasteiger partial charge is 0.434 e. The Morgan fingerprint density at radius 3 is 3.00 bits per heavy atom. The number of halogens is 1. The fourth-order valence-corrected chi connectivity index (χ4v) is 1.27. The molecule has 0 aromatic rings. The standard InChI is InChI=1S/C7H11ClO3/c1-5(9)11-7-6(8)3-2-4-10-7/h6-7H,2-4H2,1H3/t6-,7+/m1/s1. The highest BCUT2D eigenvalue weighted by molar-refractivity contribution is 6.21. The van der Waals surface area contributed by atoms with E-state index >= 15 is 0 Å². The summed E-state index contributed by atoms with van der Waals surface area (Å²) in [5.74, 6) is -0.345. The Morgan fingerprint density at radius 1 is 1.73 bits per heavy atom. The maximum atomic E-state index is 10.5. The minimum Gasteiger partial charge on any atom is -0.434 e. The van der Waals surface area contributed by atoms with Gasteiger partial charge in [-0.05, 0) is 12.8 Å². The maximum Gasteiger partial charge on any atom is 0.304 e. The summed E-state index contributed by atoms with van der Waals surface area (Å²) in [6, 6.07) is 0. The van der Waals surface area contributed by atoms with Gasteiger partial charge in [0.1, 0.15) is 0 Å². The normalized spacial score (nSPS) is 31.5. The summed E-state index contributed by atoms with van der Waals surface area (Å²) in [6.45, 7) is 1.97. The van der Waals surface area contributed by atoms with Crippen LogP contribution in [0.25, 0.3) is 0 Å². The molecule has 11 heavy (non-hydrogen) atoms. The van der Waals surface area contributed by atoms with Gasteiger partial charge in [-0.2, -0.15) is 0 Å². The van der Waals surface area contributed by atoms with Gasteiger partial charge in [0.25, 0.3) is 0 Å². The van der Waals surface area contributed by atoms with Gasteiger partial charge in [-0.25, -0.2) is 0 Å². The van der Waals surface area contributed by atoms with Crippen molar-refractivity contribution in [2.24, 2.45) is 0 Å². The van der Waals surface area contributed by atoms with E-state index in [1.807, 2.05) is 0 Å². The first-order valence-electron chi connectivity index (χ1n) is 3.63. The minimum atomic E-state index is -0.539. The molecule has 1 heterocycles. The lowest BCUT2D eigenvalue weighted by atomic mass is 10.2. The van der Waals surface area contributed by atoms with Crippen molar-refractivity contribution in [3.63, 3.8) is 0 Å². The van der Waals surface area contributed by atoms with Crippen LogP contribution in [0, 0.1) is 0 Å². The summed E-state index contributed by atoms with van der Waals surface area (Å²) in [5.41, 5.74) is 0. The number of carbonyl (C=O) groups is 1. The molecule has 1 saturated heterocycles. The van der Waals surface area contributed by atoms with Gasteiger partial charge >= 0.3 is 5.97 Å². The summed E-state index contributed by atoms with van der Waals surface area (Å²) in [6.07, 6.45) is 1.24. The quantitative estimate of drug-likeness (QED) is 0.449. The van der Waals surface area contributed by atoms with Gasteiger partial charge in [-0.15, -0.1) is 11.6 Å². The second kappa shape index (κ2) is 3.93. The van der Waals surface area contributed by atoms with Crippen LogP contribution in [0.15, 0.2) is 0 Å². The van der Waals surface area contributed by atoms with Gasteiger partial charge in [-0.1, -0.05) is 0 Å². The summed E-state index contributed by atoms with van der Waals surface area (Å²) in [7, 11) is 0. The van der Waals surface area contributed by atoms with E-state index in [0.29, 0.717) is 6.61 Å². The number of esters is 1. The fourth-order valence-electron chi connectivity index (χ4n) is 0.990. The Balaban J connectivity index is 2.35. The number of rotatable bonds is 1. The van der Waals surface area contributed by atoms with Crippen molar-refractivity contribution in [1.82, 2.24) is 0 Å². The molecule has 0 aromatic carbocycles. The molecule has 3 nitrogen and oxygen atoms in total. The Bertz CT molecular complexity index is 149. The van der Waals surface area contributed by atoms with Crippen molar-refractivity contribution >= 4 is 17.6 Å². The van der Waals surface area contributed by atoms with Crippen LogP contribution in [-0.4, -0.2) is 24.2 Å². The van der Waals surface area contributed by atoms with Gasteiger partial charge in [0.2, 0.25) is 6.29 Å². The summed E-state index contributed by atoms with van der Waals surface area (Å²) in [4.78, 5) is 10.5. The van der Waals surface area contributed by atoms with Crippen molar-refractivity contribution in [2.45, 2.75) is 31.4 Å². The highest BCUT2D eigenvalue weighted by Gasteiger charge is 2.26. The third kappa shape index (κ3) is 2.67. The molecule has 0 spiro atoms. The van der Waals surface area contributed by atoms with Crippen molar-refractivity contribution < 1.29 is 14.3 Å². The van der Waals surface area contributed by atoms with Crippen molar-refractivity contribution in [3.05, 3.63) is 0 Å². The molecule has 0 bridgehead atoms. The van der Waals surface area contributed by atoms with E-state index in [-0.39, 0.29) is 11.3 Å². The monoisotopic (exact) mass is 178 g/mol.